The number of carbonyl (C=O) groups is 3. The number of hydrogen-bond acceptors (Lipinski definition) is 5. The third-order valence-electron chi connectivity index (χ3n) is 4.69. The minimum absolute atomic E-state index is 0.276. The van der Waals surface area contributed by atoms with E-state index in [1.54, 1.807) is 48.5 Å². The van der Waals surface area contributed by atoms with Crippen LogP contribution in [0.25, 0.3) is 0 Å². The molecule has 2 atom stereocenters. The van der Waals surface area contributed by atoms with Crippen molar-refractivity contribution in [3.8, 4) is 5.75 Å². The molecule has 0 saturated heterocycles. The quantitative estimate of drug-likeness (QED) is 0.813. The maximum absolute atomic E-state index is 13.0. The van der Waals surface area contributed by atoms with Gasteiger partial charge in [-0.05, 0) is 29.3 Å². The van der Waals surface area contributed by atoms with E-state index in [9.17, 15) is 19.5 Å². The highest BCUT2D eigenvalue weighted by molar-refractivity contribution is 6.01. The zero-order valence-corrected chi connectivity index (χ0v) is 14.9. The van der Waals surface area contributed by atoms with Crippen LogP contribution in [0.1, 0.15) is 33.4 Å². The molecule has 140 valence electrons. The van der Waals surface area contributed by atoms with Gasteiger partial charge in [-0.2, -0.15) is 0 Å². The smallest absolute Gasteiger partial charge is 0.325 e. The van der Waals surface area contributed by atoms with Crippen LogP contribution >= 0.6 is 0 Å². The first-order valence-corrected chi connectivity index (χ1v) is 8.31. The summed E-state index contributed by atoms with van der Waals surface area (Å²) in [5, 5.41) is 9.93. The molecule has 0 bridgehead atoms. The van der Waals surface area contributed by atoms with Crippen LogP contribution in [0.3, 0.4) is 0 Å². The van der Waals surface area contributed by atoms with Crippen LogP contribution in [0.15, 0.2) is 48.5 Å². The Hall–Kier alpha value is -3.35. The van der Waals surface area contributed by atoms with Crippen molar-refractivity contribution in [1.82, 2.24) is 4.90 Å². The fourth-order valence-electron chi connectivity index (χ4n) is 3.41. The van der Waals surface area contributed by atoms with Crippen molar-refractivity contribution in [3.05, 3.63) is 65.2 Å². The van der Waals surface area contributed by atoms with E-state index in [1.807, 2.05) is 0 Å². The normalized spacial score (nSPS) is 18.6. The van der Waals surface area contributed by atoms with Crippen molar-refractivity contribution >= 4 is 17.8 Å². The number of benzene rings is 2. The van der Waals surface area contributed by atoms with Gasteiger partial charge in [0, 0.05) is 5.56 Å². The molecule has 7 heteroatoms. The summed E-state index contributed by atoms with van der Waals surface area (Å²) in [7, 11) is 2.75. The van der Waals surface area contributed by atoms with Crippen molar-refractivity contribution < 1.29 is 29.0 Å². The van der Waals surface area contributed by atoms with Crippen LogP contribution in [0.5, 0.6) is 5.75 Å². The van der Waals surface area contributed by atoms with Gasteiger partial charge in [-0.1, -0.05) is 30.3 Å². The Kier molecular flexibility index (Phi) is 5.12. The van der Waals surface area contributed by atoms with Gasteiger partial charge < -0.3 is 19.5 Å². The Labute approximate surface area is 156 Å². The molecule has 0 spiro atoms. The van der Waals surface area contributed by atoms with Crippen molar-refractivity contribution in [3.63, 3.8) is 0 Å². The number of carboxylic acids is 1. The summed E-state index contributed by atoms with van der Waals surface area (Å²) in [6.07, 6.45) is 0. The maximum atomic E-state index is 13.0. The molecule has 1 aliphatic heterocycles. The van der Waals surface area contributed by atoms with Gasteiger partial charge in [-0.15, -0.1) is 0 Å². The minimum atomic E-state index is -1.08. The van der Waals surface area contributed by atoms with Crippen molar-refractivity contribution in [2.75, 3.05) is 20.8 Å². The molecule has 0 aliphatic carbocycles. The summed E-state index contributed by atoms with van der Waals surface area (Å²) in [6, 6.07) is 12.5. The van der Waals surface area contributed by atoms with Crippen LogP contribution in [-0.2, 0) is 14.3 Å². The predicted molar refractivity (Wildman–Crippen MR) is 95.6 cm³/mol. The lowest BCUT2D eigenvalue weighted by Gasteiger charge is -2.40. The lowest BCUT2D eigenvalue weighted by atomic mass is 9.79. The number of carbonyl (C=O) groups excluding carboxylic acids is 2. The highest BCUT2D eigenvalue weighted by atomic mass is 16.5. The molecule has 0 unspecified atom stereocenters. The average molecular weight is 369 g/mol. The minimum Gasteiger partial charge on any atom is -0.497 e. The van der Waals surface area contributed by atoms with Gasteiger partial charge in [-0.25, -0.2) is 0 Å². The van der Waals surface area contributed by atoms with Crippen molar-refractivity contribution in [2.24, 2.45) is 0 Å². The van der Waals surface area contributed by atoms with E-state index < -0.39 is 29.8 Å². The molecule has 0 radical (unpaired) electrons. The molecule has 2 aromatic carbocycles. The third kappa shape index (κ3) is 3.36. The zero-order chi connectivity index (χ0) is 19.6. The van der Waals surface area contributed by atoms with E-state index in [2.05, 4.69) is 0 Å². The topological polar surface area (TPSA) is 93.1 Å². The molecule has 1 N–H and O–H groups in total. The standard InChI is InChI=1S/C20H19NO6/c1-26-13-9-7-12(8-10-13)18-17(20(24)25)14-5-3-4-6-15(14)19(23)21(18)11-16(22)27-2/h3-10,17-18H,11H2,1-2H3,(H,24,25)/t17-,18-/m0/s1. The first-order valence-electron chi connectivity index (χ1n) is 8.31. The Bertz CT molecular complexity index is 876. The van der Waals surface area contributed by atoms with E-state index in [-0.39, 0.29) is 12.1 Å². The van der Waals surface area contributed by atoms with Gasteiger partial charge in [0.25, 0.3) is 5.91 Å². The number of ether oxygens (including phenoxy) is 2. The lowest BCUT2D eigenvalue weighted by Crippen LogP contribution is -2.47. The van der Waals surface area contributed by atoms with Crippen LogP contribution < -0.4 is 4.74 Å². The second kappa shape index (κ2) is 7.49. The maximum Gasteiger partial charge on any atom is 0.325 e. The van der Waals surface area contributed by atoms with E-state index >= 15 is 0 Å². The summed E-state index contributed by atoms with van der Waals surface area (Å²) < 4.78 is 9.85. The Morgan fingerprint density at radius 2 is 1.74 bits per heavy atom. The monoisotopic (exact) mass is 369 g/mol. The van der Waals surface area contributed by atoms with Gasteiger partial charge in [-0.3, -0.25) is 14.4 Å². The van der Waals surface area contributed by atoms with Gasteiger partial charge in [0.05, 0.1) is 20.3 Å². The third-order valence-corrected chi connectivity index (χ3v) is 4.69. The molecular weight excluding hydrogens is 350 g/mol. The van der Waals surface area contributed by atoms with Crippen molar-refractivity contribution in [1.29, 1.82) is 0 Å². The predicted octanol–water partition coefficient (Wildman–Crippen LogP) is 2.23. The molecule has 0 fully saturated rings. The van der Waals surface area contributed by atoms with Crippen LogP contribution in [-0.4, -0.2) is 48.6 Å². The summed E-state index contributed by atoms with van der Waals surface area (Å²) in [5.74, 6) is -2.52. The molecule has 0 saturated carbocycles. The summed E-state index contributed by atoms with van der Waals surface area (Å²) in [5.41, 5.74) is 1.30. The van der Waals surface area contributed by atoms with E-state index in [1.165, 1.54) is 19.1 Å². The van der Waals surface area contributed by atoms with Gasteiger partial charge in [0.2, 0.25) is 0 Å². The number of amides is 1. The number of hydrogen-bond donors (Lipinski definition) is 1. The van der Waals surface area contributed by atoms with E-state index in [4.69, 9.17) is 9.47 Å². The zero-order valence-electron chi connectivity index (χ0n) is 14.9. The molecule has 1 amide bonds. The first-order chi connectivity index (χ1) is 13.0. The number of carboxylic acid groups (broad SMARTS) is 1. The number of esters is 1. The Morgan fingerprint density at radius 1 is 1.07 bits per heavy atom. The number of nitrogens with zero attached hydrogens (tertiary/aromatic N) is 1. The molecular formula is C20H19NO6. The fraction of sp³-hybridized carbons (Fsp3) is 0.250. The van der Waals surface area contributed by atoms with Crippen molar-refractivity contribution in [2.45, 2.75) is 12.0 Å². The molecule has 27 heavy (non-hydrogen) atoms. The highest BCUT2D eigenvalue weighted by Gasteiger charge is 2.44. The Balaban J connectivity index is 2.17. The fourth-order valence-corrected chi connectivity index (χ4v) is 3.41. The molecule has 7 nitrogen and oxygen atoms in total. The van der Waals surface area contributed by atoms with Crippen LogP contribution in [0, 0.1) is 0 Å². The highest BCUT2D eigenvalue weighted by Crippen LogP contribution is 2.43. The van der Waals surface area contributed by atoms with Gasteiger partial charge in [0.15, 0.2) is 0 Å². The van der Waals surface area contributed by atoms with Crippen LogP contribution in [0.2, 0.25) is 0 Å². The molecule has 3 rings (SSSR count). The SMILES string of the molecule is COC(=O)CN1C(=O)c2ccccc2[C@H](C(=O)O)[C@@H]1c1ccc(OC)cc1. The number of rotatable bonds is 5. The van der Waals surface area contributed by atoms with E-state index in [0.29, 0.717) is 16.9 Å². The molecule has 2 aromatic rings. The summed E-state index contributed by atoms with van der Waals surface area (Å²) in [4.78, 5) is 38.4. The van der Waals surface area contributed by atoms with Gasteiger partial charge in [0.1, 0.15) is 18.2 Å². The lowest BCUT2D eigenvalue weighted by molar-refractivity contribution is -0.145. The number of aliphatic carboxylic acids is 1. The number of methoxy groups -OCH3 is 2. The second-order valence-corrected chi connectivity index (χ2v) is 6.13. The first kappa shape index (κ1) is 18.4. The number of fused-ring (bicyclic) bond motifs is 1. The molecule has 1 heterocycles. The van der Waals surface area contributed by atoms with Crippen LogP contribution in [0.4, 0.5) is 0 Å². The molecule has 1 aliphatic rings. The molecule has 0 aromatic heterocycles. The van der Waals surface area contributed by atoms with Gasteiger partial charge >= 0.3 is 11.9 Å². The Morgan fingerprint density at radius 3 is 2.33 bits per heavy atom. The largest absolute Gasteiger partial charge is 0.497 e. The van der Waals surface area contributed by atoms with E-state index in [0.717, 1.165) is 0 Å². The summed E-state index contributed by atoms with van der Waals surface area (Å²) >= 11 is 0. The second-order valence-electron chi connectivity index (χ2n) is 6.13. The average Bonchev–Trinajstić information content (AvgIpc) is 2.69. The summed E-state index contributed by atoms with van der Waals surface area (Å²) in [6.45, 7) is -0.343.